The van der Waals surface area contributed by atoms with Crippen molar-refractivity contribution in [1.29, 1.82) is 0 Å². The molecule has 1 amide bonds. The van der Waals surface area contributed by atoms with E-state index in [2.05, 4.69) is 15.8 Å². The molecule has 2 heterocycles. The predicted molar refractivity (Wildman–Crippen MR) is 52.3 cm³/mol. The molecule has 0 radical (unpaired) electrons. The fourth-order valence-corrected chi connectivity index (χ4v) is 2.33. The fraction of sp³-hybridized carbons (Fsp3) is 0.600. The van der Waals surface area contributed by atoms with E-state index >= 15 is 0 Å². The molecule has 80 valence electrons. The van der Waals surface area contributed by atoms with E-state index in [0.29, 0.717) is 23.6 Å². The quantitative estimate of drug-likeness (QED) is 0.712. The van der Waals surface area contributed by atoms with Crippen LogP contribution in [0.5, 0.6) is 0 Å². The molecule has 3 rings (SSSR count). The van der Waals surface area contributed by atoms with E-state index in [4.69, 9.17) is 4.52 Å². The SMILES string of the molecule is Cc1cc(C(=O)NC2C3CNCC32)on1. The minimum absolute atomic E-state index is 0.144. The van der Waals surface area contributed by atoms with Gasteiger partial charge in [0.2, 0.25) is 5.76 Å². The van der Waals surface area contributed by atoms with Gasteiger partial charge in [-0.1, -0.05) is 5.16 Å². The molecule has 15 heavy (non-hydrogen) atoms. The lowest BCUT2D eigenvalue weighted by Gasteiger charge is -2.04. The molecule has 2 fully saturated rings. The van der Waals surface area contributed by atoms with Crippen LogP contribution in [0.3, 0.4) is 0 Å². The third kappa shape index (κ3) is 1.43. The van der Waals surface area contributed by atoms with Crippen LogP contribution in [0.25, 0.3) is 0 Å². The van der Waals surface area contributed by atoms with Gasteiger partial charge in [0.1, 0.15) is 0 Å². The number of aryl methyl sites for hydroxylation is 1. The summed E-state index contributed by atoms with van der Waals surface area (Å²) < 4.78 is 4.90. The molecular weight excluding hydrogens is 194 g/mol. The summed E-state index contributed by atoms with van der Waals surface area (Å²) in [7, 11) is 0. The van der Waals surface area contributed by atoms with E-state index < -0.39 is 0 Å². The Labute approximate surface area is 87.2 Å². The van der Waals surface area contributed by atoms with Crippen molar-refractivity contribution in [3.05, 3.63) is 17.5 Å². The molecule has 2 unspecified atom stereocenters. The Hall–Kier alpha value is -1.36. The van der Waals surface area contributed by atoms with Crippen LogP contribution in [0.15, 0.2) is 10.6 Å². The highest BCUT2D eigenvalue weighted by molar-refractivity contribution is 5.91. The van der Waals surface area contributed by atoms with E-state index in [1.54, 1.807) is 13.0 Å². The topological polar surface area (TPSA) is 67.2 Å². The van der Waals surface area contributed by atoms with Gasteiger partial charge >= 0.3 is 0 Å². The first-order valence-corrected chi connectivity index (χ1v) is 5.20. The van der Waals surface area contributed by atoms with Crippen molar-refractivity contribution in [1.82, 2.24) is 15.8 Å². The van der Waals surface area contributed by atoms with Crippen LogP contribution in [0.2, 0.25) is 0 Å². The second-order valence-electron chi connectivity index (χ2n) is 4.32. The largest absolute Gasteiger partial charge is 0.351 e. The zero-order chi connectivity index (χ0) is 10.4. The molecule has 0 aromatic carbocycles. The van der Waals surface area contributed by atoms with Crippen molar-refractivity contribution in [2.75, 3.05) is 13.1 Å². The Morgan fingerprint density at radius 1 is 1.60 bits per heavy atom. The van der Waals surface area contributed by atoms with E-state index in [0.717, 1.165) is 18.8 Å². The molecule has 1 aliphatic carbocycles. The molecule has 1 aliphatic heterocycles. The average molecular weight is 207 g/mol. The van der Waals surface area contributed by atoms with E-state index in [1.807, 2.05) is 0 Å². The summed E-state index contributed by atoms with van der Waals surface area (Å²) in [5.74, 6) is 1.41. The first kappa shape index (κ1) is 8.91. The number of carbonyl (C=O) groups is 1. The van der Waals surface area contributed by atoms with Crippen molar-refractivity contribution >= 4 is 5.91 Å². The lowest BCUT2D eigenvalue weighted by molar-refractivity contribution is 0.0909. The van der Waals surface area contributed by atoms with Crippen LogP contribution in [0.1, 0.15) is 16.2 Å². The Balaban J connectivity index is 1.62. The molecular formula is C10H13N3O2. The lowest BCUT2D eigenvalue weighted by atomic mass is 10.3. The number of hydrogen-bond acceptors (Lipinski definition) is 4. The molecule has 5 nitrogen and oxygen atoms in total. The lowest BCUT2D eigenvalue weighted by Crippen LogP contribution is -2.32. The molecule has 1 aromatic rings. The zero-order valence-electron chi connectivity index (χ0n) is 8.49. The van der Waals surface area contributed by atoms with Crippen molar-refractivity contribution in [3.63, 3.8) is 0 Å². The minimum atomic E-state index is -0.144. The maximum Gasteiger partial charge on any atom is 0.290 e. The fourth-order valence-electron chi connectivity index (χ4n) is 2.33. The van der Waals surface area contributed by atoms with Crippen LogP contribution in [-0.4, -0.2) is 30.2 Å². The summed E-state index contributed by atoms with van der Waals surface area (Å²) in [4.78, 5) is 11.7. The van der Waals surface area contributed by atoms with Gasteiger partial charge in [0, 0.05) is 25.2 Å². The van der Waals surface area contributed by atoms with Gasteiger partial charge in [0.15, 0.2) is 0 Å². The molecule has 0 bridgehead atoms. The second kappa shape index (κ2) is 3.06. The van der Waals surface area contributed by atoms with E-state index in [9.17, 15) is 4.79 Å². The van der Waals surface area contributed by atoms with Gasteiger partial charge in [-0.3, -0.25) is 4.79 Å². The van der Waals surface area contributed by atoms with Crippen LogP contribution in [0.4, 0.5) is 0 Å². The summed E-state index contributed by atoms with van der Waals surface area (Å²) in [5.41, 5.74) is 0.734. The second-order valence-corrected chi connectivity index (χ2v) is 4.32. The number of piperidine rings is 1. The molecule has 1 saturated heterocycles. The van der Waals surface area contributed by atoms with Gasteiger partial charge in [-0.25, -0.2) is 0 Å². The highest BCUT2D eigenvalue weighted by atomic mass is 16.5. The third-order valence-corrected chi connectivity index (χ3v) is 3.24. The number of hydrogen-bond donors (Lipinski definition) is 2. The van der Waals surface area contributed by atoms with Crippen LogP contribution in [-0.2, 0) is 0 Å². The highest BCUT2D eigenvalue weighted by Crippen LogP contribution is 2.41. The third-order valence-electron chi connectivity index (χ3n) is 3.24. The summed E-state index contributed by atoms with van der Waals surface area (Å²) in [5, 5.41) is 9.94. The number of aromatic nitrogens is 1. The number of nitrogens with one attached hydrogen (secondary N) is 2. The first-order valence-electron chi connectivity index (χ1n) is 5.20. The molecule has 2 aliphatic rings. The maximum absolute atomic E-state index is 11.7. The van der Waals surface area contributed by atoms with Gasteiger partial charge in [0.25, 0.3) is 5.91 Å². The monoisotopic (exact) mass is 207 g/mol. The highest BCUT2D eigenvalue weighted by Gasteiger charge is 2.53. The van der Waals surface area contributed by atoms with Gasteiger partial charge in [-0.2, -0.15) is 0 Å². The Kier molecular flexibility index (Phi) is 1.82. The van der Waals surface area contributed by atoms with Gasteiger partial charge in [-0.05, 0) is 18.8 Å². The Morgan fingerprint density at radius 2 is 2.33 bits per heavy atom. The number of fused-ring (bicyclic) bond motifs is 1. The standard InChI is InChI=1S/C10H13N3O2/c1-5-2-8(15-13-5)10(14)12-9-6-3-11-4-7(6)9/h2,6-7,9,11H,3-4H2,1H3,(H,12,14). The summed E-state index contributed by atoms with van der Waals surface area (Å²) in [6, 6.07) is 2.00. The number of nitrogens with zero attached hydrogens (tertiary/aromatic N) is 1. The van der Waals surface area contributed by atoms with Crippen molar-refractivity contribution < 1.29 is 9.32 Å². The predicted octanol–water partition coefficient (Wildman–Crippen LogP) is -0.0694. The molecule has 1 aromatic heterocycles. The maximum atomic E-state index is 11.7. The van der Waals surface area contributed by atoms with Crippen LogP contribution < -0.4 is 10.6 Å². The van der Waals surface area contributed by atoms with Crippen molar-refractivity contribution in [2.24, 2.45) is 11.8 Å². The van der Waals surface area contributed by atoms with Crippen LogP contribution >= 0.6 is 0 Å². The molecule has 5 heteroatoms. The van der Waals surface area contributed by atoms with Gasteiger partial charge < -0.3 is 15.2 Å². The minimum Gasteiger partial charge on any atom is -0.351 e. The number of rotatable bonds is 2. The van der Waals surface area contributed by atoms with Gasteiger partial charge in [-0.15, -0.1) is 0 Å². The van der Waals surface area contributed by atoms with Crippen LogP contribution in [0, 0.1) is 18.8 Å². The average Bonchev–Trinajstić information content (AvgIpc) is 2.66. The summed E-state index contributed by atoms with van der Waals surface area (Å²) >= 11 is 0. The number of carbonyl (C=O) groups excluding carboxylic acids is 1. The van der Waals surface area contributed by atoms with E-state index in [1.165, 1.54) is 0 Å². The molecule has 1 saturated carbocycles. The van der Waals surface area contributed by atoms with E-state index in [-0.39, 0.29) is 5.91 Å². The molecule has 0 spiro atoms. The Bertz CT molecular complexity index is 391. The summed E-state index contributed by atoms with van der Waals surface area (Å²) in [6.07, 6.45) is 0. The summed E-state index contributed by atoms with van der Waals surface area (Å²) in [6.45, 7) is 3.84. The molecule has 2 atom stereocenters. The Morgan fingerprint density at radius 3 is 2.93 bits per heavy atom. The smallest absolute Gasteiger partial charge is 0.290 e. The number of amides is 1. The first-order chi connectivity index (χ1) is 7.25. The van der Waals surface area contributed by atoms with Crippen molar-refractivity contribution in [2.45, 2.75) is 13.0 Å². The van der Waals surface area contributed by atoms with Crippen molar-refractivity contribution in [3.8, 4) is 0 Å². The zero-order valence-corrected chi connectivity index (χ0v) is 8.49. The normalized spacial score (nSPS) is 32.5. The van der Waals surface area contributed by atoms with Gasteiger partial charge in [0.05, 0.1) is 5.69 Å². The molecule has 2 N–H and O–H groups in total.